The van der Waals surface area contributed by atoms with E-state index < -0.39 is 0 Å². The molecule has 0 aliphatic carbocycles. The molecule has 0 atom stereocenters. The molecule has 0 aromatic heterocycles. The topological polar surface area (TPSA) is 30.5 Å². The fourth-order valence-electron chi connectivity index (χ4n) is 1.91. The summed E-state index contributed by atoms with van der Waals surface area (Å²) in [7, 11) is 1.95. The Balaban J connectivity index is 2.65. The van der Waals surface area contributed by atoms with Gasteiger partial charge in [0.2, 0.25) is 0 Å². The van der Waals surface area contributed by atoms with E-state index in [-0.39, 0.29) is 0 Å². The molecule has 0 saturated carbocycles. The second-order valence-electron chi connectivity index (χ2n) is 6.36. The van der Waals surface area contributed by atoms with Crippen LogP contribution >= 0.6 is 0 Å². The van der Waals surface area contributed by atoms with Gasteiger partial charge in [0.05, 0.1) is 13.2 Å². The smallest absolute Gasteiger partial charge is 0.127 e. The van der Waals surface area contributed by atoms with E-state index in [4.69, 9.17) is 9.47 Å². The maximum Gasteiger partial charge on any atom is 0.127 e. The zero-order chi connectivity index (χ0) is 15.7. The summed E-state index contributed by atoms with van der Waals surface area (Å²) >= 11 is 0. The van der Waals surface area contributed by atoms with E-state index in [2.05, 4.69) is 39.1 Å². The third-order valence-corrected chi connectivity index (χ3v) is 3.32. The molecule has 0 unspecified atom stereocenters. The van der Waals surface area contributed by atoms with Crippen molar-refractivity contribution in [1.29, 1.82) is 0 Å². The second kappa shape index (κ2) is 9.67. The van der Waals surface area contributed by atoms with Crippen LogP contribution in [0.5, 0.6) is 11.5 Å². The Morgan fingerprint density at radius 2 is 1.57 bits per heavy atom. The number of hydrogen-bond donors (Lipinski definition) is 1. The highest BCUT2D eigenvalue weighted by molar-refractivity contribution is 5.40. The molecule has 1 aromatic carbocycles. The summed E-state index contributed by atoms with van der Waals surface area (Å²) in [5, 5.41) is 3.18. The number of hydrogen-bond acceptors (Lipinski definition) is 3. The van der Waals surface area contributed by atoms with Crippen LogP contribution < -0.4 is 14.8 Å². The summed E-state index contributed by atoms with van der Waals surface area (Å²) in [5.41, 5.74) is 1.18. The van der Waals surface area contributed by atoms with E-state index in [1.807, 2.05) is 19.2 Å². The third kappa shape index (κ3) is 7.37. The molecule has 0 aliphatic heterocycles. The molecular formula is C18H31NO2. The average Bonchev–Trinajstić information content (AvgIpc) is 2.41. The lowest BCUT2D eigenvalue weighted by Crippen LogP contribution is -2.09. The van der Waals surface area contributed by atoms with E-state index in [1.165, 1.54) is 5.56 Å². The minimum Gasteiger partial charge on any atom is -0.493 e. The lowest BCUT2D eigenvalue weighted by atomic mass is 10.1. The van der Waals surface area contributed by atoms with E-state index in [1.54, 1.807) is 0 Å². The van der Waals surface area contributed by atoms with Gasteiger partial charge in [-0.3, -0.25) is 0 Å². The maximum absolute atomic E-state index is 5.95. The van der Waals surface area contributed by atoms with Crippen LogP contribution in [0.15, 0.2) is 18.2 Å². The third-order valence-electron chi connectivity index (χ3n) is 3.32. The van der Waals surface area contributed by atoms with Gasteiger partial charge in [0.1, 0.15) is 11.5 Å². The van der Waals surface area contributed by atoms with Crippen LogP contribution in [0.4, 0.5) is 0 Å². The Hall–Kier alpha value is -1.22. The Labute approximate surface area is 130 Å². The van der Waals surface area contributed by atoms with Crippen LogP contribution in [0.3, 0.4) is 0 Å². The molecule has 0 amide bonds. The summed E-state index contributed by atoms with van der Waals surface area (Å²) in [5.74, 6) is 3.15. The zero-order valence-electron chi connectivity index (χ0n) is 14.2. The normalized spacial score (nSPS) is 11.2. The van der Waals surface area contributed by atoms with Crippen molar-refractivity contribution in [3.63, 3.8) is 0 Å². The van der Waals surface area contributed by atoms with Crippen molar-refractivity contribution in [3.8, 4) is 11.5 Å². The monoisotopic (exact) mass is 293 g/mol. The van der Waals surface area contributed by atoms with Crippen molar-refractivity contribution in [2.24, 2.45) is 11.8 Å². The van der Waals surface area contributed by atoms with Crippen LogP contribution in [0.1, 0.15) is 46.1 Å². The number of benzene rings is 1. The van der Waals surface area contributed by atoms with Gasteiger partial charge in [0.25, 0.3) is 0 Å². The molecule has 0 fully saturated rings. The van der Waals surface area contributed by atoms with Gasteiger partial charge in [-0.05, 0) is 37.8 Å². The molecule has 0 spiro atoms. The number of ether oxygens (including phenoxy) is 2. The maximum atomic E-state index is 5.95. The standard InChI is InChI=1S/C18H31NO2/c1-14(2)8-10-20-17-7-6-16(13-19-5)18(12-17)21-11-9-15(3)4/h6-7,12,14-15,19H,8-11,13H2,1-5H3. The molecule has 1 N–H and O–H groups in total. The highest BCUT2D eigenvalue weighted by Gasteiger charge is 2.07. The molecule has 3 heteroatoms. The molecule has 0 saturated heterocycles. The SMILES string of the molecule is CNCc1ccc(OCCC(C)C)cc1OCCC(C)C. The predicted molar refractivity (Wildman–Crippen MR) is 89.1 cm³/mol. The molecule has 3 nitrogen and oxygen atoms in total. The van der Waals surface area contributed by atoms with Gasteiger partial charge < -0.3 is 14.8 Å². The molecule has 21 heavy (non-hydrogen) atoms. The average molecular weight is 293 g/mol. The van der Waals surface area contributed by atoms with Gasteiger partial charge in [-0.1, -0.05) is 33.8 Å². The first-order valence-corrected chi connectivity index (χ1v) is 8.06. The van der Waals surface area contributed by atoms with Gasteiger partial charge >= 0.3 is 0 Å². The van der Waals surface area contributed by atoms with Crippen molar-refractivity contribution in [1.82, 2.24) is 5.32 Å². The minimum absolute atomic E-state index is 0.656. The van der Waals surface area contributed by atoms with E-state index in [9.17, 15) is 0 Å². The molecule has 0 heterocycles. The summed E-state index contributed by atoms with van der Waals surface area (Å²) in [4.78, 5) is 0. The fourth-order valence-corrected chi connectivity index (χ4v) is 1.91. The second-order valence-corrected chi connectivity index (χ2v) is 6.36. The Bertz CT molecular complexity index is 402. The quantitative estimate of drug-likeness (QED) is 0.699. The number of nitrogens with one attached hydrogen (secondary N) is 1. The lowest BCUT2D eigenvalue weighted by molar-refractivity contribution is 0.274. The molecule has 0 radical (unpaired) electrons. The first kappa shape index (κ1) is 17.8. The Morgan fingerprint density at radius 3 is 2.14 bits per heavy atom. The molecular weight excluding hydrogens is 262 g/mol. The summed E-state index contributed by atoms with van der Waals surface area (Å²) in [6.45, 7) is 11.2. The van der Waals surface area contributed by atoms with Crippen molar-refractivity contribution in [2.75, 3.05) is 20.3 Å². The van der Waals surface area contributed by atoms with Gasteiger partial charge in [0.15, 0.2) is 0 Å². The van der Waals surface area contributed by atoms with Crippen molar-refractivity contribution >= 4 is 0 Å². The van der Waals surface area contributed by atoms with E-state index in [0.29, 0.717) is 11.8 Å². The summed E-state index contributed by atoms with van der Waals surface area (Å²) in [6.07, 6.45) is 2.14. The van der Waals surface area contributed by atoms with Crippen LogP contribution in [-0.4, -0.2) is 20.3 Å². The molecule has 1 rings (SSSR count). The van der Waals surface area contributed by atoms with E-state index >= 15 is 0 Å². The van der Waals surface area contributed by atoms with Crippen LogP contribution in [-0.2, 0) is 6.54 Å². The number of rotatable bonds is 10. The fraction of sp³-hybridized carbons (Fsp3) is 0.667. The molecule has 120 valence electrons. The van der Waals surface area contributed by atoms with Crippen LogP contribution in [0.25, 0.3) is 0 Å². The van der Waals surface area contributed by atoms with E-state index in [0.717, 1.165) is 44.1 Å². The Morgan fingerprint density at radius 1 is 0.952 bits per heavy atom. The van der Waals surface area contributed by atoms with Crippen LogP contribution in [0.2, 0.25) is 0 Å². The van der Waals surface area contributed by atoms with Gasteiger partial charge in [0, 0.05) is 18.2 Å². The molecule has 0 bridgehead atoms. The summed E-state index contributed by atoms with van der Waals surface area (Å²) < 4.78 is 11.8. The predicted octanol–water partition coefficient (Wildman–Crippen LogP) is 4.26. The highest BCUT2D eigenvalue weighted by Crippen LogP contribution is 2.26. The van der Waals surface area contributed by atoms with Crippen LogP contribution in [0, 0.1) is 11.8 Å². The Kier molecular flexibility index (Phi) is 8.21. The van der Waals surface area contributed by atoms with Crippen molar-refractivity contribution in [2.45, 2.75) is 47.1 Å². The minimum atomic E-state index is 0.656. The van der Waals surface area contributed by atoms with Gasteiger partial charge in [-0.2, -0.15) is 0 Å². The highest BCUT2D eigenvalue weighted by atomic mass is 16.5. The first-order valence-electron chi connectivity index (χ1n) is 8.06. The summed E-state index contributed by atoms with van der Waals surface area (Å²) in [6, 6.07) is 6.14. The van der Waals surface area contributed by atoms with Crippen molar-refractivity contribution in [3.05, 3.63) is 23.8 Å². The molecule has 0 aliphatic rings. The van der Waals surface area contributed by atoms with Crippen molar-refractivity contribution < 1.29 is 9.47 Å². The largest absolute Gasteiger partial charge is 0.493 e. The van der Waals surface area contributed by atoms with Gasteiger partial charge in [-0.15, -0.1) is 0 Å². The zero-order valence-corrected chi connectivity index (χ0v) is 14.2. The van der Waals surface area contributed by atoms with Gasteiger partial charge in [-0.25, -0.2) is 0 Å². The lowest BCUT2D eigenvalue weighted by Gasteiger charge is -2.15. The molecule has 1 aromatic rings. The first-order chi connectivity index (χ1) is 10.0.